The molecule has 0 aliphatic rings. The number of halogens is 1. The van der Waals surface area contributed by atoms with Gasteiger partial charge in [-0.2, -0.15) is 0 Å². The van der Waals surface area contributed by atoms with Crippen LogP contribution in [0.4, 0.5) is 10.2 Å². The number of aryl methyl sites for hydroxylation is 1. The van der Waals surface area contributed by atoms with Gasteiger partial charge in [0.2, 0.25) is 5.91 Å². The van der Waals surface area contributed by atoms with Crippen molar-refractivity contribution in [1.82, 2.24) is 19.3 Å². The fourth-order valence-corrected chi connectivity index (χ4v) is 4.04. The van der Waals surface area contributed by atoms with Gasteiger partial charge in [0.05, 0.1) is 30.2 Å². The van der Waals surface area contributed by atoms with Crippen molar-refractivity contribution in [1.29, 1.82) is 0 Å². The number of nitrogens with one attached hydrogen (secondary N) is 2. The third-order valence-electron chi connectivity index (χ3n) is 5.86. The first kappa shape index (κ1) is 23.0. The summed E-state index contributed by atoms with van der Waals surface area (Å²) in [5, 5.41) is 6.02. The van der Waals surface area contributed by atoms with Crippen LogP contribution in [0.1, 0.15) is 12.0 Å². The Kier molecular flexibility index (Phi) is 6.27. The first-order valence-corrected chi connectivity index (χ1v) is 11.4. The second kappa shape index (κ2) is 9.83. The summed E-state index contributed by atoms with van der Waals surface area (Å²) in [6.07, 6.45) is 1.56. The van der Waals surface area contributed by atoms with Crippen molar-refractivity contribution in [3.05, 3.63) is 117 Å². The molecule has 0 bridgehead atoms. The smallest absolute Gasteiger partial charge is 0.273 e. The number of benzene rings is 3. The molecule has 2 N–H and O–H groups in total. The summed E-state index contributed by atoms with van der Waals surface area (Å²) in [6, 6.07) is 22.1. The highest BCUT2D eigenvalue weighted by Gasteiger charge is 2.17. The summed E-state index contributed by atoms with van der Waals surface area (Å²) in [5.41, 5.74) is 1.38. The number of carbonyl (C=O) groups is 1. The van der Waals surface area contributed by atoms with Crippen LogP contribution in [0, 0.1) is 5.82 Å². The fraction of sp³-hybridized carbons (Fsp3) is 0.111. The molecule has 0 unspecified atom stereocenters. The SMILES string of the molecule is O=C(CCn1[nH]c(=O)c2ccccc2c1=O)Nc1c(-c2ccc(F)cc2)ncn1Cc1ccccc1. The molecule has 0 saturated heterocycles. The average molecular weight is 484 g/mol. The first-order chi connectivity index (χ1) is 17.5. The third-order valence-corrected chi connectivity index (χ3v) is 5.86. The molecule has 0 radical (unpaired) electrons. The van der Waals surface area contributed by atoms with Crippen LogP contribution in [0.3, 0.4) is 0 Å². The average Bonchev–Trinajstić information content (AvgIpc) is 3.28. The second-order valence-electron chi connectivity index (χ2n) is 8.30. The number of hydrogen-bond donors (Lipinski definition) is 2. The summed E-state index contributed by atoms with van der Waals surface area (Å²) < 4.78 is 16.4. The highest BCUT2D eigenvalue weighted by Crippen LogP contribution is 2.28. The third kappa shape index (κ3) is 4.72. The summed E-state index contributed by atoms with van der Waals surface area (Å²) in [6.45, 7) is 0.450. The molecule has 9 heteroatoms. The van der Waals surface area contributed by atoms with Crippen LogP contribution in [0.5, 0.6) is 0 Å². The van der Waals surface area contributed by atoms with Gasteiger partial charge in [-0.05, 0) is 42.0 Å². The molecule has 5 rings (SSSR count). The van der Waals surface area contributed by atoms with Crippen molar-refractivity contribution in [2.45, 2.75) is 19.5 Å². The van der Waals surface area contributed by atoms with E-state index in [1.165, 1.54) is 12.1 Å². The molecular formula is C27H22FN5O3. The van der Waals surface area contributed by atoms with Gasteiger partial charge in [0.1, 0.15) is 17.3 Å². The number of nitrogens with zero attached hydrogens (tertiary/aromatic N) is 3. The zero-order valence-corrected chi connectivity index (χ0v) is 19.1. The molecule has 0 aliphatic heterocycles. The van der Waals surface area contributed by atoms with E-state index in [4.69, 9.17) is 0 Å². The Morgan fingerprint density at radius 2 is 1.61 bits per heavy atom. The summed E-state index contributed by atoms with van der Waals surface area (Å²) in [4.78, 5) is 42.5. The number of aromatic nitrogens is 4. The molecule has 0 saturated carbocycles. The van der Waals surface area contributed by atoms with Gasteiger partial charge in [0.15, 0.2) is 0 Å². The molecule has 1 amide bonds. The Labute approximate surface area is 204 Å². The summed E-state index contributed by atoms with van der Waals surface area (Å²) in [5.74, 6) is -0.285. The van der Waals surface area contributed by atoms with E-state index in [-0.39, 0.29) is 30.2 Å². The highest BCUT2D eigenvalue weighted by atomic mass is 19.1. The minimum atomic E-state index is -0.398. The maximum Gasteiger partial charge on any atom is 0.273 e. The predicted molar refractivity (Wildman–Crippen MR) is 135 cm³/mol. The molecule has 0 aliphatic carbocycles. The number of carbonyl (C=O) groups excluding carboxylic acids is 1. The highest BCUT2D eigenvalue weighted by molar-refractivity contribution is 5.93. The lowest BCUT2D eigenvalue weighted by atomic mass is 10.1. The van der Waals surface area contributed by atoms with Crippen molar-refractivity contribution < 1.29 is 9.18 Å². The zero-order valence-electron chi connectivity index (χ0n) is 19.1. The van der Waals surface area contributed by atoms with Crippen molar-refractivity contribution in [3.63, 3.8) is 0 Å². The van der Waals surface area contributed by atoms with Gasteiger partial charge in [0, 0.05) is 12.0 Å². The summed E-state index contributed by atoms with van der Waals surface area (Å²) in [7, 11) is 0. The molecule has 0 atom stereocenters. The number of imidazole rings is 1. The van der Waals surface area contributed by atoms with Crippen LogP contribution in [-0.2, 0) is 17.9 Å². The van der Waals surface area contributed by atoms with E-state index in [1.54, 1.807) is 47.3 Å². The van der Waals surface area contributed by atoms with Gasteiger partial charge >= 0.3 is 0 Å². The van der Waals surface area contributed by atoms with Crippen LogP contribution in [-0.4, -0.2) is 25.2 Å². The maximum atomic E-state index is 13.5. The lowest BCUT2D eigenvalue weighted by Crippen LogP contribution is -2.31. The van der Waals surface area contributed by atoms with Gasteiger partial charge < -0.3 is 9.88 Å². The van der Waals surface area contributed by atoms with Crippen LogP contribution in [0.15, 0.2) is 94.8 Å². The number of amides is 1. The largest absolute Gasteiger partial charge is 0.312 e. The number of hydrogen-bond acceptors (Lipinski definition) is 4. The molecule has 5 aromatic rings. The zero-order chi connectivity index (χ0) is 25.1. The van der Waals surface area contributed by atoms with Crippen LogP contribution in [0.25, 0.3) is 22.0 Å². The lowest BCUT2D eigenvalue weighted by molar-refractivity contribution is -0.116. The monoisotopic (exact) mass is 483 g/mol. The quantitative estimate of drug-likeness (QED) is 0.368. The number of aromatic amines is 1. The van der Waals surface area contributed by atoms with E-state index in [1.807, 2.05) is 30.3 Å². The Morgan fingerprint density at radius 3 is 2.36 bits per heavy atom. The predicted octanol–water partition coefficient (Wildman–Crippen LogP) is 3.77. The van der Waals surface area contributed by atoms with Crippen LogP contribution < -0.4 is 16.4 Å². The molecule has 8 nitrogen and oxygen atoms in total. The van der Waals surface area contributed by atoms with Crippen molar-refractivity contribution in [2.24, 2.45) is 0 Å². The lowest BCUT2D eigenvalue weighted by Gasteiger charge is -2.13. The van der Waals surface area contributed by atoms with Gasteiger partial charge in [-0.25, -0.2) is 14.1 Å². The van der Waals surface area contributed by atoms with Gasteiger partial charge in [-0.3, -0.25) is 19.5 Å². The second-order valence-corrected chi connectivity index (χ2v) is 8.30. The van der Waals surface area contributed by atoms with Crippen molar-refractivity contribution in [3.8, 4) is 11.3 Å². The van der Waals surface area contributed by atoms with E-state index in [0.29, 0.717) is 34.4 Å². The van der Waals surface area contributed by atoms with Gasteiger partial charge in [-0.15, -0.1) is 0 Å². The van der Waals surface area contributed by atoms with E-state index in [0.717, 1.165) is 10.2 Å². The van der Waals surface area contributed by atoms with E-state index < -0.39 is 5.56 Å². The number of fused-ring (bicyclic) bond motifs is 1. The standard InChI is InChI=1S/C27H22FN5O3/c28-20-12-10-19(11-13-20)24-25(32(17-29-24)16-18-6-2-1-3-7-18)30-23(34)14-15-33-27(36)22-9-5-4-8-21(22)26(35)31-33/h1-13,17H,14-16H2,(H,30,34)(H,31,35). The van der Waals surface area contributed by atoms with Gasteiger partial charge in [0.25, 0.3) is 11.1 Å². The Bertz CT molecular complexity index is 1650. The van der Waals surface area contributed by atoms with E-state index in [9.17, 15) is 18.8 Å². The fourth-order valence-electron chi connectivity index (χ4n) is 4.04. The number of H-pyrrole nitrogens is 1. The van der Waals surface area contributed by atoms with Gasteiger partial charge in [-0.1, -0.05) is 42.5 Å². The molecule has 3 aromatic carbocycles. The molecule has 0 spiro atoms. The van der Waals surface area contributed by atoms with Crippen LogP contribution >= 0.6 is 0 Å². The molecule has 0 fully saturated rings. The van der Waals surface area contributed by atoms with E-state index in [2.05, 4.69) is 15.4 Å². The Balaban J connectivity index is 1.41. The molecule has 36 heavy (non-hydrogen) atoms. The van der Waals surface area contributed by atoms with Crippen molar-refractivity contribution in [2.75, 3.05) is 5.32 Å². The Hall–Kier alpha value is -4.79. The molecule has 2 aromatic heterocycles. The molecule has 2 heterocycles. The maximum absolute atomic E-state index is 13.5. The summed E-state index contributed by atoms with van der Waals surface area (Å²) >= 11 is 0. The number of rotatable bonds is 7. The minimum absolute atomic E-state index is 0.0105. The van der Waals surface area contributed by atoms with Crippen molar-refractivity contribution >= 4 is 22.5 Å². The van der Waals surface area contributed by atoms with Crippen LogP contribution in [0.2, 0.25) is 0 Å². The number of anilines is 1. The molecular weight excluding hydrogens is 461 g/mol. The normalized spacial score (nSPS) is 11.0. The molecule has 180 valence electrons. The first-order valence-electron chi connectivity index (χ1n) is 11.4. The van der Waals surface area contributed by atoms with E-state index >= 15 is 0 Å². The minimum Gasteiger partial charge on any atom is -0.312 e. The topological polar surface area (TPSA) is 102 Å². The Morgan fingerprint density at radius 1 is 0.917 bits per heavy atom.